The van der Waals surface area contributed by atoms with Crippen molar-refractivity contribution in [1.82, 2.24) is 15.2 Å². The lowest BCUT2D eigenvalue weighted by Gasteiger charge is -2.37. The molecule has 3 aromatic rings. The molecule has 1 aromatic carbocycles. The molecule has 0 aliphatic carbocycles. The summed E-state index contributed by atoms with van der Waals surface area (Å²) in [5.74, 6) is 0.505. The number of nitriles is 1. The maximum atomic E-state index is 13.1. The van der Waals surface area contributed by atoms with Gasteiger partial charge in [-0.2, -0.15) is 5.26 Å². The van der Waals surface area contributed by atoms with Gasteiger partial charge >= 0.3 is 0 Å². The lowest BCUT2D eigenvalue weighted by Crippen LogP contribution is -2.38. The summed E-state index contributed by atoms with van der Waals surface area (Å²) in [4.78, 5) is 17.4. The third-order valence-corrected chi connectivity index (χ3v) is 5.25. The lowest BCUT2D eigenvalue weighted by atomic mass is 9.69. The summed E-state index contributed by atoms with van der Waals surface area (Å²) in [6, 6.07) is 13.0. The van der Waals surface area contributed by atoms with Crippen molar-refractivity contribution in [2.24, 2.45) is 5.41 Å². The number of rotatable bonds is 3. The second kappa shape index (κ2) is 6.45. The molecule has 3 heterocycles. The largest absolute Gasteiger partial charge is 0.438 e. The fraction of sp³-hybridized carbons (Fsp3) is 0.211. The van der Waals surface area contributed by atoms with Gasteiger partial charge in [0, 0.05) is 17.0 Å². The SMILES string of the molecule is CC(C)(C(=O)Nc1nncs1)[C@H]1c2ccccc2Oc2nc(C#N)ccc21. The molecule has 1 aliphatic heterocycles. The van der Waals surface area contributed by atoms with E-state index in [1.165, 1.54) is 11.3 Å². The van der Waals surface area contributed by atoms with Crippen LogP contribution in [-0.2, 0) is 4.79 Å². The van der Waals surface area contributed by atoms with E-state index < -0.39 is 5.41 Å². The molecule has 0 unspecified atom stereocenters. The van der Waals surface area contributed by atoms with Crippen LogP contribution >= 0.6 is 11.3 Å². The Morgan fingerprint density at radius 2 is 2.07 bits per heavy atom. The Bertz CT molecular complexity index is 1060. The summed E-state index contributed by atoms with van der Waals surface area (Å²) in [5, 5.41) is 20.1. The molecule has 0 bridgehead atoms. The number of carbonyl (C=O) groups is 1. The monoisotopic (exact) mass is 377 g/mol. The van der Waals surface area contributed by atoms with Gasteiger partial charge in [0.15, 0.2) is 0 Å². The quantitative estimate of drug-likeness (QED) is 0.747. The van der Waals surface area contributed by atoms with Gasteiger partial charge in [-0.05, 0) is 12.1 Å². The number of anilines is 1. The van der Waals surface area contributed by atoms with Crippen LogP contribution in [0.5, 0.6) is 11.6 Å². The van der Waals surface area contributed by atoms with Gasteiger partial charge in [0.2, 0.25) is 16.9 Å². The molecule has 0 spiro atoms. The average molecular weight is 377 g/mol. The number of nitrogens with one attached hydrogen (secondary N) is 1. The van der Waals surface area contributed by atoms with E-state index in [4.69, 9.17) is 10.00 Å². The lowest BCUT2D eigenvalue weighted by molar-refractivity contribution is -0.124. The molecule has 4 rings (SSSR count). The topological polar surface area (TPSA) is 101 Å². The number of hydrogen-bond donors (Lipinski definition) is 1. The van der Waals surface area contributed by atoms with Crippen molar-refractivity contribution in [2.75, 3.05) is 5.32 Å². The predicted octanol–water partition coefficient (Wildman–Crippen LogP) is 3.71. The van der Waals surface area contributed by atoms with E-state index in [0.717, 1.165) is 11.1 Å². The first-order valence-corrected chi connectivity index (χ1v) is 9.14. The second-order valence-electron chi connectivity index (χ2n) is 6.70. The molecule has 0 saturated carbocycles. The van der Waals surface area contributed by atoms with E-state index in [9.17, 15) is 4.79 Å². The second-order valence-corrected chi connectivity index (χ2v) is 7.53. The van der Waals surface area contributed by atoms with Crippen molar-refractivity contribution in [3.63, 3.8) is 0 Å². The Morgan fingerprint density at radius 3 is 2.81 bits per heavy atom. The highest BCUT2D eigenvalue weighted by Crippen LogP contribution is 2.51. The fourth-order valence-electron chi connectivity index (χ4n) is 3.29. The van der Waals surface area contributed by atoms with Crippen LogP contribution in [0.2, 0.25) is 0 Å². The smallest absolute Gasteiger partial charge is 0.232 e. The Labute approximate surface area is 159 Å². The molecule has 1 atom stereocenters. The van der Waals surface area contributed by atoms with Crippen molar-refractivity contribution in [3.05, 3.63) is 58.7 Å². The highest BCUT2D eigenvalue weighted by molar-refractivity contribution is 7.13. The summed E-state index contributed by atoms with van der Waals surface area (Å²) >= 11 is 1.26. The summed E-state index contributed by atoms with van der Waals surface area (Å²) in [7, 11) is 0. The van der Waals surface area contributed by atoms with Gasteiger partial charge in [0.1, 0.15) is 23.0 Å². The maximum Gasteiger partial charge on any atom is 0.232 e. The first kappa shape index (κ1) is 17.1. The summed E-state index contributed by atoms with van der Waals surface area (Å²) in [6.07, 6.45) is 0. The summed E-state index contributed by atoms with van der Waals surface area (Å²) in [5.41, 5.74) is 2.66. The van der Waals surface area contributed by atoms with Crippen LogP contribution in [0, 0.1) is 16.7 Å². The van der Waals surface area contributed by atoms with Gasteiger partial charge in [0.25, 0.3) is 0 Å². The van der Waals surface area contributed by atoms with Crippen LogP contribution in [0.1, 0.15) is 36.6 Å². The number of benzene rings is 1. The Hall–Kier alpha value is -3.31. The standard InChI is InChI=1S/C19H15N5O2S/c1-19(2,17(25)23-18-24-21-10-27-18)15-12-5-3-4-6-14(12)26-16-13(15)8-7-11(9-20)22-16/h3-8,10,15H,1-2H3,(H,23,24,25)/t15-/m0/s1. The first-order chi connectivity index (χ1) is 13.0. The predicted molar refractivity (Wildman–Crippen MR) is 99.6 cm³/mol. The van der Waals surface area contributed by atoms with Gasteiger partial charge in [-0.25, -0.2) is 4.98 Å². The summed E-state index contributed by atoms with van der Waals surface area (Å²) in [6.45, 7) is 3.75. The summed E-state index contributed by atoms with van der Waals surface area (Å²) < 4.78 is 5.92. The number of aromatic nitrogens is 3. The molecule has 0 saturated heterocycles. The molecular formula is C19H15N5O2S. The van der Waals surface area contributed by atoms with Crippen LogP contribution in [0.15, 0.2) is 41.9 Å². The number of amides is 1. The van der Waals surface area contributed by atoms with Crippen LogP contribution < -0.4 is 10.1 Å². The average Bonchev–Trinajstić information content (AvgIpc) is 3.18. The van der Waals surface area contributed by atoms with Crippen molar-refractivity contribution in [1.29, 1.82) is 5.26 Å². The number of ether oxygens (including phenoxy) is 1. The molecule has 2 aromatic heterocycles. The van der Waals surface area contributed by atoms with Crippen LogP contribution in [0.25, 0.3) is 0 Å². The minimum Gasteiger partial charge on any atom is -0.438 e. The van der Waals surface area contributed by atoms with Gasteiger partial charge in [0.05, 0.1) is 5.41 Å². The van der Waals surface area contributed by atoms with E-state index >= 15 is 0 Å². The maximum absolute atomic E-state index is 13.1. The van der Waals surface area contributed by atoms with Crippen molar-refractivity contribution >= 4 is 22.4 Å². The van der Waals surface area contributed by atoms with Gasteiger partial charge in [-0.15, -0.1) is 10.2 Å². The van der Waals surface area contributed by atoms with E-state index in [2.05, 4.69) is 20.5 Å². The van der Waals surface area contributed by atoms with Gasteiger partial charge in [-0.1, -0.05) is 49.4 Å². The molecule has 7 nitrogen and oxygen atoms in total. The highest BCUT2D eigenvalue weighted by atomic mass is 32.1. The molecular weight excluding hydrogens is 362 g/mol. The zero-order chi connectivity index (χ0) is 19.0. The Balaban J connectivity index is 1.81. The number of para-hydroxylation sites is 1. The van der Waals surface area contributed by atoms with E-state index in [-0.39, 0.29) is 17.5 Å². The normalized spacial score (nSPS) is 15.1. The highest BCUT2D eigenvalue weighted by Gasteiger charge is 2.44. The number of pyridine rings is 1. The molecule has 134 valence electrons. The Morgan fingerprint density at radius 1 is 1.26 bits per heavy atom. The molecule has 1 aliphatic rings. The zero-order valence-electron chi connectivity index (χ0n) is 14.6. The molecule has 1 amide bonds. The van der Waals surface area contributed by atoms with Crippen molar-refractivity contribution < 1.29 is 9.53 Å². The van der Waals surface area contributed by atoms with Crippen LogP contribution in [-0.4, -0.2) is 21.1 Å². The molecule has 0 fully saturated rings. The molecule has 27 heavy (non-hydrogen) atoms. The number of nitrogens with zero attached hydrogens (tertiary/aromatic N) is 4. The number of carbonyl (C=O) groups excluding carboxylic acids is 1. The molecule has 0 radical (unpaired) electrons. The van der Waals surface area contributed by atoms with Crippen molar-refractivity contribution in [3.8, 4) is 17.7 Å². The number of fused-ring (bicyclic) bond motifs is 2. The Kier molecular flexibility index (Phi) is 4.09. The molecule has 8 heteroatoms. The fourth-order valence-corrected chi connectivity index (χ4v) is 3.73. The minimum atomic E-state index is -0.837. The van der Waals surface area contributed by atoms with Crippen molar-refractivity contribution in [2.45, 2.75) is 19.8 Å². The van der Waals surface area contributed by atoms with Crippen LogP contribution in [0.4, 0.5) is 5.13 Å². The zero-order valence-corrected chi connectivity index (χ0v) is 15.4. The van der Waals surface area contributed by atoms with Crippen LogP contribution in [0.3, 0.4) is 0 Å². The van der Waals surface area contributed by atoms with E-state index in [1.54, 1.807) is 11.6 Å². The number of hydrogen-bond acceptors (Lipinski definition) is 7. The third kappa shape index (κ3) is 2.92. The van der Waals surface area contributed by atoms with Gasteiger partial charge in [-0.3, -0.25) is 4.79 Å². The first-order valence-electron chi connectivity index (χ1n) is 8.26. The van der Waals surface area contributed by atoms with Gasteiger partial charge < -0.3 is 10.1 Å². The van der Waals surface area contributed by atoms with E-state index in [0.29, 0.717) is 16.8 Å². The van der Waals surface area contributed by atoms with E-state index in [1.807, 2.05) is 50.2 Å². The molecule has 1 N–H and O–H groups in total. The minimum absolute atomic E-state index is 0.184. The third-order valence-electron chi connectivity index (χ3n) is 4.64.